The van der Waals surface area contributed by atoms with E-state index in [0.29, 0.717) is 10.0 Å². The number of rotatable bonds is 1. The largest absolute Gasteiger partial charge is 0.361 e. The smallest absolute Gasteiger partial charge is 0.141 e. The molecule has 2 aromatic rings. The molecular formula is C10H7Cl2NO. The third kappa shape index (κ3) is 1.51. The van der Waals surface area contributed by atoms with Crippen LogP contribution in [0.5, 0.6) is 0 Å². The molecule has 0 aliphatic rings. The van der Waals surface area contributed by atoms with Crippen LogP contribution in [0.15, 0.2) is 28.9 Å². The van der Waals surface area contributed by atoms with Crippen molar-refractivity contribution in [3.63, 3.8) is 0 Å². The third-order valence-electron chi connectivity index (χ3n) is 1.99. The van der Waals surface area contributed by atoms with Crippen molar-refractivity contribution in [3.05, 3.63) is 40.2 Å². The van der Waals surface area contributed by atoms with E-state index >= 15 is 0 Å². The Balaban J connectivity index is 2.63. The number of nitrogens with zero attached hydrogens (tertiary/aromatic N) is 1. The normalized spacial score (nSPS) is 10.5. The number of hydrogen-bond acceptors (Lipinski definition) is 2. The van der Waals surface area contributed by atoms with Gasteiger partial charge in [-0.15, -0.1) is 0 Å². The minimum Gasteiger partial charge on any atom is -0.361 e. The highest BCUT2D eigenvalue weighted by Crippen LogP contribution is 2.34. The molecule has 14 heavy (non-hydrogen) atoms. The van der Waals surface area contributed by atoms with Crippen molar-refractivity contribution in [2.24, 2.45) is 0 Å². The number of hydrogen-bond donors (Lipinski definition) is 0. The van der Waals surface area contributed by atoms with E-state index in [1.165, 1.54) is 0 Å². The van der Waals surface area contributed by atoms with E-state index in [1.807, 2.05) is 19.1 Å². The Bertz CT molecular complexity index is 465. The quantitative estimate of drug-likeness (QED) is 0.738. The van der Waals surface area contributed by atoms with Gasteiger partial charge >= 0.3 is 0 Å². The van der Waals surface area contributed by atoms with Gasteiger partial charge in [0.2, 0.25) is 0 Å². The van der Waals surface area contributed by atoms with Crippen molar-refractivity contribution in [2.45, 2.75) is 6.92 Å². The molecule has 0 unspecified atom stereocenters. The highest BCUT2D eigenvalue weighted by atomic mass is 35.5. The standard InChI is InChI=1S/C10H7Cl2NO/c1-6-8(5-13-14-6)7-3-2-4-9(11)10(7)12/h2-5H,1H3. The maximum absolute atomic E-state index is 6.06. The topological polar surface area (TPSA) is 26.0 Å². The van der Waals surface area contributed by atoms with E-state index < -0.39 is 0 Å². The van der Waals surface area contributed by atoms with Crippen molar-refractivity contribution < 1.29 is 4.52 Å². The predicted molar refractivity (Wildman–Crippen MR) is 56.7 cm³/mol. The molecule has 1 aromatic carbocycles. The average Bonchev–Trinajstić information content (AvgIpc) is 2.57. The van der Waals surface area contributed by atoms with Gasteiger partial charge in [0.25, 0.3) is 0 Å². The van der Waals surface area contributed by atoms with Gasteiger partial charge < -0.3 is 4.52 Å². The van der Waals surface area contributed by atoms with E-state index in [4.69, 9.17) is 27.7 Å². The fraction of sp³-hybridized carbons (Fsp3) is 0.100. The van der Waals surface area contributed by atoms with Gasteiger partial charge in [-0.1, -0.05) is 40.5 Å². The minimum atomic E-state index is 0.528. The van der Waals surface area contributed by atoms with Gasteiger partial charge in [0.05, 0.1) is 16.2 Å². The van der Waals surface area contributed by atoms with E-state index in [1.54, 1.807) is 12.3 Å². The number of aromatic nitrogens is 1. The summed E-state index contributed by atoms with van der Waals surface area (Å²) in [6.45, 7) is 1.83. The van der Waals surface area contributed by atoms with Crippen LogP contribution in [0.4, 0.5) is 0 Å². The van der Waals surface area contributed by atoms with Crippen molar-refractivity contribution in [2.75, 3.05) is 0 Å². The summed E-state index contributed by atoms with van der Waals surface area (Å²) in [5, 5.41) is 4.75. The van der Waals surface area contributed by atoms with Gasteiger partial charge in [-0.05, 0) is 13.0 Å². The first-order valence-electron chi connectivity index (χ1n) is 4.06. The Labute approximate surface area is 91.4 Å². The van der Waals surface area contributed by atoms with E-state index in [-0.39, 0.29) is 0 Å². The first kappa shape index (κ1) is 9.56. The van der Waals surface area contributed by atoms with Crippen LogP contribution < -0.4 is 0 Å². The number of halogens is 2. The molecule has 0 fully saturated rings. The zero-order valence-corrected chi connectivity index (χ0v) is 8.93. The number of benzene rings is 1. The van der Waals surface area contributed by atoms with Crippen LogP contribution in [0.2, 0.25) is 10.0 Å². The second-order valence-electron chi connectivity index (χ2n) is 2.90. The molecule has 1 heterocycles. The molecule has 0 aliphatic carbocycles. The van der Waals surface area contributed by atoms with E-state index in [9.17, 15) is 0 Å². The summed E-state index contributed by atoms with van der Waals surface area (Å²) in [6, 6.07) is 5.47. The van der Waals surface area contributed by atoms with Crippen molar-refractivity contribution >= 4 is 23.2 Å². The van der Waals surface area contributed by atoms with Gasteiger partial charge in [0, 0.05) is 11.1 Å². The lowest BCUT2D eigenvalue weighted by molar-refractivity contribution is 0.398. The molecule has 0 atom stereocenters. The molecular weight excluding hydrogens is 221 g/mol. The first-order valence-corrected chi connectivity index (χ1v) is 4.81. The predicted octanol–water partition coefficient (Wildman–Crippen LogP) is 3.96. The lowest BCUT2D eigenvalue weighted by atomic mass is 10.1. The van der Waals surface area contributed by atoms with E-state index in [0.717, 1.165) is 16.9 Å². The van der Waals surface area contributed by atoms with Gasteiger partial charge in [0.1, 0.15) is 5.76 Å². The van der Waals surface area contributed by atoms with Crippen LogP contribution in [-0.2, 0) is 0 Å². The molecule has 72 valence electrons. The Morgan fingerprint density at radius 3 is 2.64 bits per heavy atom. The lowest BCUT2D eigenvalue weighted by Gasteiger charge is -2.02. The minimum absolute atomic E-state index is 0.528. The Hall–Kier alpha value is -0.990. The first-order chi connectivity index (χ1) is 6.70. The third-order valence-corrected chi connectivity index (χ3v) is 2.81. The molecule has 1 aromatic heterocycles. The van der Waals surface area contributed by atoms with Crippen LogP contribution in [0.3, 0.4) is 0 Å². The SMILES string of the molecule is Cc1oncc1-c1cccc(Cl)c1Cl. The monoisotopic (exact) mass is 227 g/mol. The molecule has 2 rings (SSSR count). The summed E-state index contributed by atoms with van der Waals surface area (Å²) in [7, 11) is 0. The lowest BCUT2D eigenvalue weighted by Crippen LogP contribution is -1.80. The maximum atomic E-state index is 6.06. The van der Waals surface area contributed by atoms with Gasteiger partial charge in [-0.2, -0.15) is 0 Å². The fourth-order valence-electron chi connectivity index (χ4n) is 1.27. The molecule has 0 aliphatic heterocycles. The number of aryl methyl sites for hydroxylation is 1. The molecule has 0 saturated carbocycles. The molecule has 0 spiro atoms. The molecule has 0 N–H and O–H groups in total. The van der Waals surface area contributed by atoms with Gasteiger partial charge in [-0.25, -0.2) is 0 Å². The van der Waals surface area contributed by atoms with Crippen LogP contribution in [0, 0.1) is 6.92 Å². The molecule has 0 saturated heterocycles. The summed E-state index contributed by atoms with van der Waals surface area (Å²) >= 11 is 12.0. The van der Waals surface area contributed by atoms with Crippen molar-refractivity contribution in [1.82, 2.24) is 5.16 Å². The molecule has 2 nitrogen and oxygen atoms in total. The maximum Gasteiger partial charge on any atom is 0.141 e. The average molecular weight is 228 g/mol. The Morgan fingerprint density at radius 2 is 2.00 bits per heavy atom. The molecule has 0 radical (unpaired) electrons. The van der Waals surface area contributed by atoms with Crippen molar-refractivity contribution in [1.29, 1.82) is 0 Å². The van der Waals surface area contributed by atoms with Crippen LogP contribution in [-0.4, -0.2) is 5.16 Å². The van der Waals surface area contributed by atoms with Crippen LogP contribution in [0.1, 0.15) is 5.76 Å². The fourth-order valence-corrected chi connectivity index (χ4v) is 1.67. The van der Waals surface area contributed by atoms with Gasteiger partial charge in [-0.3, -0.25) is 0 Å². The summed E-state index contributed by atoms with van der Waals surface area (Å²) < 4.78 is 4.96. The Morgan fingerprint density at radius 1 is 1.21 bits per heavy atom. The molecule has 0 amide bonds. The summed E-state index contributed by atoms with van der Waals surface area (Å²) in [6.07, 6.45) is 1.63. The zero-order valence-electron chi connectivity index (χ0n) is 7.42. The zero-order chi connectivity index (χ0) is 10.1. The van der Waals surface area contributed by atoms with Gasteiger partial charge in [0.15, 0.2) is 0 Å². The molecule has 0 bridgehead atoms. The molecule has 4 heteroatoms. The Kier molecular flexibility index (Phi) is 2.48. The summed E-state index contributed by atoms with van der Waals surface area (Å²) in [5.74, 6) is 0.731. The summed E-state index contributed by atoms with van der Waals surface area (Å²) in [4.78, 5) is 0. The highest BCUT2D eigenvalue weighted by molar-refractivity contribution is 6.43. The van der Waals surface area contributed by atoms with Crippen LogP contribution in [0.25, 0.3) is 11.1 Å². The second kappa shape index (κ2) is 3.64. The van der Waals surface area contributed by atoms with Crippen LogP contribution >= 0.6 is 23.2 Å². The highest BCUT2D eigenvalue weighted by Gasteiger charge is 2.11. The summed E-state index contributed by atoms with van der Waals surface area (Å²) in [5.41, 5.74) is 1.72. The second-order valence-corrected chi connectivity index (χ2v) is 3.68. The van der Waals surface area contributed by atoms with Crippen molar-refractivity contribution in [3.8, 4) is 11.1 Å². The van der Waals surface area contributed by atoms with E-state index in [2.05, 4.69) is 5.16 Å².